The number of rotatable bonds is 8. The molecule has 34 heavy (non-hydrogen) atoms. The lowest BCUT2D eigenvalue weighted by Crippen LogP contribution is -2.38. The van der Waals surface area contributed by atoms with Gasteiger partial charge in [0.05, 0.1) is 12.4 Å². The van der Waals surface area contributed by atoms with Gasteiger partial charge in [-0.25, -0.2) is 14.8 Å². The molecule has 0 fully saturated rings. The van der Waals surface area contributed by atoms with E-state index in [0.29, 0.717) is 30.5 Å². The molecule has 3 aromatic rings. The van der Waals surface area contributed by atoms with E-state index in [4.69, 9.17) is 4.74 Å². The minimum atomic E-state index is -0.478. The summed E-state index contributed by atoms with van der Waals surface area (Å²) in [5.41, 5.74) is -0.0693. The molecule has 0 saturated carbocycles. The summed E-state index contributed by atoms with van der Waals surface area (Å²) in [6.45, 7) is 7.19. The van der Waals surface area contributed by atoms with Crippen molar-refractivity contribution in [3.63, 3.8) is 0 Å². The molecule has 0 radical (unpaired) electrons. The minimum Gasteiger partial charge on any atom is -0.383 e. The second-order valence-corrected chi connectivity index (χ2v) is 10.1. The predicted octanol–water partition coefficient (Wildman–Crippen LogP) is 2.09. The average Bonchev–Trinajstić information content (AvgIpc) is 2.81. The largest absolute Gasteiger partial charge is 0.383 e. The van der Waals surface area contributed by atoms with E-state index >= 15 is 0 Å². The van der Waals surface area contributed by atoms with E-state index in [1.54, 1.807) is 19.1 Å². The Morgan fingerprint density at radius 3 is 2.38 bits per heavy atom. The van der Waals surface area contributed by atoms with Crippen LogP contribution in [0.1, 0.15) is 32.2 Å². The summed E-state index contributed by atoms with van der Waals surface area (Å²) in [6, 6.07) is 9.74. The summed E-state index contributed by atoms with van der Waals surface area (Å²) in [4.78, 5) is 49.6. The molecule has 0 N–H and O–H groups in total. The average molecular weight is 486 g/mol. The van der Waals surface area contributed by atoms with Gasteiger partial charge in [-0.3, -0.25) is 18.7 Å². The summed E-state index contributed by atoms with van der Waals surface area (Å²) >= 11 is 1.19. The van der Waals surface area contributed by atoms with E-state index in [9.17, 15) is 14.4 Å². The molecule has 0 spiro atoms. The smallest absolute Gasteiger partial charge is 0.332 e. The molecule has 1 aromatic carbocycles. The Kier molecular flexibility index (Phi) is 7.93. The van der Waals surface area contributed by atoms with Crippen molar-refractivity contribution in [2.45, 2.75) is 37.8 Å². The maximum Gasteiger partial charge on any atom is 0.332 e. The topological polar surface area (TPSA) is 99.3 Å². The molecule has 0 aliphatic carbocycles. The van der Waals surface area contributed by atoms with E-state index < -0.39 is 16.7 Å². The summed E-state index contributed by atoms with van der Waals surface area (Å²) in [5.74, 6) is 0.480. The number of aryl methyl sites for hydroxylation is 1. The maximum absolute atomic E-state index is 13.2. The molecule has 0 aliphatic heterocycles. The number of hydrogen-bond donors (Lipinski definition) is 0. The van der Waals surface area contributed by atoms with Crippen molar-refractivity contribution in [2.75, 3.05) is 26.0 Å². The van der Waals surface area contributed by atoms with Crippen LogP contribution in [0, 0.1) is 0 Å². The number of aromatic nitrogens is 4. The fourth-order valence-corrected chi connectivity index (χ4v) is 4.30. The standard InChI is InChI=1S/C24H31N5O4S/c1-24(2,3)22-25-19-18(21(31)28(5)23(32)27(19)4)20(26-22)34-15-17(30)29(12-13-33-6)14-16-10-8-7-9-11-16/h7-11H,12-15H2,1-6H3. The second kappa shape index (κ2) is 10.5. The Morgan fingerprint density at radius 2 is 1.76 bits per heavy atom. The Hall–Kier alpha value is -2.98. The zero-order valence-corrected chi connectivity index (χ0v) is 21.3. The Morgan fingerprint density at radius 1 is 1.09 bits per heavy atom. The molecule has 0 unspecified atom stereocenters. The molecule has 3 rings (SSSR count). The van der Waals surface area contributed by atoms with Gasteiger partial charge in [0.15, 0.2) is 5.65 Å². The van der Waals surface area contributed by atoms with Gasteiger partial charge in [0.2, 0.25) is 5.91 Å². The van der Waals surface area contributed by atoms with Gasteiger partial charge in [-0.1, -0.05) is 62.9 Å². The summed E-state index contributed by atoms with van der Waals surface area (Å²) in [6.07, 6.45) is 0. The molecule has 0 atom stereocenters. The summed E-state index contributed by atoms with van der Waals surface area (Å²) in [7, 11) is 4.60. The van der Waals surface area contributed by atoms with Crippen molar-refractivity contribution in [1.82, 2.24) is 24.0 Å². The minimum absolute atomic E-state index is 0.0816. The van der Waals surface area contributed by atoms with E-state index in [-0.39, 0.29) is 22.7 Å². The normalized spacial score (nSPS) is 11.7. The highest BCUT2D eigenvalue weighted by molar-refractivity contribution is 8.00. The van der Waals surface area contributed by atoms with Crippen LogP contribution in [0.3, 0.4) is 0 Å². The van der Waals surface area contributed by atoms with Gasteiger partial charge in [0.25, 0.3) is 5.56 Å². The Labute approximate surface area is 202 Å². The highest BCUT2D eigenvalue weighted by atomic mass is 32.2. The third-order valence-electron chi connectivity index (χ3n) is 5.40. The lowest BCUT2D eigenvalue weighted by atomic mass is 9.96. The number of carbonyl (C=O) groups excluding carboxylic acids is 1. The van der Waals surface area contributed by atoms with Crippen molar-refractivity contribution in [1.29, 1.82) is 0 Å². The van der Waals surface area contributed by atoms with Crippen LogP contribution in [0.5, 0.6) is 0 Å². The lowest BCUT2D eigenvalue weighted by Gasteiger charge is -2.23. The fraction of sp³-hybridized carbons (Fsp3) is 0.458. The zero-order chi connectivity index (χ0) is 25.0. The van der Waals surface area contributed by atoms with Crippen molar-refractivity contribution >= 4 is 28.7 Å². The number of ether oxygens (including phenoxy) is 1. The number of methoxy groups -OCH3 is 1. The highest BCUT2D eigenvalue weighted by Crippen LogP contribution is 2.27. The molecule has 0 saturated heterocycles. The van der Waals surface area contributed by atoms with Gasteiger partial charge >= 0.3 is 5.69 Å². The second-order valence-electron chi connectivity index (χ2n) is 9.09. The fourth-order valence-electron chi connectivity index (χ4n) is 3.39. The molecule has 0 bridgehead atoms. The number of carbonyl (C=O) groups is 1. The molecule has 10 heteroatoms. The van der Waals surface area contributed by atoms with E-state index in [0.717, 1.165) is 10.1 Å². The van der Waals surface area contributed by atoms with Gasteiger partial charge in [-0.05, 0) is 5.56 Å². The first-order valence-corrected chi connectivity index (χ1v) is 11.9. The lowest BCUT2D eigenvalue weighted by molar-refractivity contribution is -0.129. The van der Waals surface area contributed by atoms with Gasteiger partial charge < -0.3 is 9.64 Å². The highest BCUT2D eigenvalue weighted by Gasteiger charge is 2.24. The van der Waals surface area contributed by atoms with Crippen molar-refractivity contribution in [3.05, 3.63) is 62.6 Å². The number of fused-ring (bicyclic) bond motifs is 1. The molecular formula is C24H31N5O4S. The maximum atomic E-state index is 13.2. The van der Waals surface area contributed by atoms with Crippen molar-refractivity contribution < 1.29 is 9.53 Å². The van der Waals surface area contributed by atoms with E-state index in [2.05, 4.69) is 9.97 Å². The summed E-state index contributed by atoms with van der Waals surface area (Å²) < 4.78 is 7.57. The summed E-state index contributed by atoms with van der Waals surface area (Å²) in [5, 5.41) is 0.632. The van der Waals surface area contributed by atoms with Gasteiger partial charge in [-0.2, -0.15) is 0 Å². The molecule has 2 aromatic heterocycles. The molecule has 2 heterocycles. The van der Waals surface area contributed by atoms with Crippen LogP contribution in [0.15, 0.2) is 44.9 Å². The molecule has 0 aliphatic rings. The predicted molar refractivity (Wildman–Crippen MR) is 133 cm³/mol. The number of nitrogens with zero attached hydrogens (tertiary/aromatic N) is 5. The van der Waals surface area contributed by atoms with Crippen molar-refractivity contribution in [3.8, 4) is 0 Å². The first kappa shape index (κ1) is 25.6. The number of amides is 1. The Bertz CT molecular complexity index is 1300. The number of thioether (sulfide) groups is 1. The number of hydrogen-bond acceptors (Lipinski definition) is 7. The monoisotopic (exact) mass is 485 g/mol. The van der Waals surface area contributed by atoms with Crippen LogP contribution in [-0.4, -0.2) is 55.9 Å². The zero-order valence-electron chi connectivity index (χ0n) is 20.5. The molecular weight excluding hydrogens is 454 g/mol. The van der Waals surface area contributed by atoms with Crippen LogP contribution in [0.25, 0.3) is 11.0 Å². The van der Waals surface area contributed by atoms with Crippen LogP contribution in [-0.2, 0) is 35.6 Å². The number of benzene rings is 1. The molecule has 9 nitrogen and oxygen atoms in total. The van der Waals surface area contributed by atoms with Crippen LogP contribution >= 0.6 is 11.8 Å². The third kappa shape index (κ3) is 5.56. The van der Waals surface area contributed by atoms with E-state index in [1.807, 2.05) is 51.1 Å². The van der Waals surface area contributed by atoms with Crippen LogP contribution in [0.2, 0.25) is 0 Å². The SMILES string of the molecule is COCCN(Cc1ccccc1)C(=O)CSc1nc(C(C)(C)C)nc2c1c(=O)n(C)c(=O)n2C. The Balaban J connectivity index is 1.98. The molecule has 1 amide bonds. The third-order valence-corrected chi connectivity index (χ3v) is 6.36. The van der Waals surface area contributed by atoms with Gasteiger partial charge in [-0.15, -0.1) is 0 Å². The first-order chi connectivity index (χ1) is 16.0. The van der Waals surface area contributed by atoms with Crippen LogP contribution < -0.4 is 11.2 Å². The quantitative estimate of drug-likeness (QED) is 0.356. The van der Waals surface area contributed by atoms with Crippen LogP contribution in [0.4, 0.5) is 0 Å². The molecule has 182 valence electrons. The van der Waals surface area contributed by atoms with Gasteiger partial charge in [0.1, 0.15) is 16.2 Å². The van der Waals surface area contributed by atoms with E-state index in [1.165, 1.54) is 23.4 Å². The van der Waals surface area contributed by atoms with Crippen molar-refractivity contribution in [2.24, 2.45) is 14.1 Å². The first-order valence-electron chi connectivity index (χ1n) is 11.0. The van der Waals surface area contributed by atoms with Gasteiger partial charge in [0, 0.05) is 39.7 Å².